The highest BCUT2D eigenvalue weighted by Gasteiger charge is 2.60. The topological polar surface area (TPSA) is 3.24 Å². The predicted molar refractivity (Wildman–Crippen MR) is 63.7 cm³/mol. The van der Waals surface area contributed by atoms with E-state index in [-0.39, 0.29) is 10.4 Å². The molecule has 18 heavy (non-hydrogen) atoms. The summed E-state index contributed by atoms with van der Waals surface area (Å²) in [7, 11) is 2.01. The van der Waals surface area contributed by atoms with Gasteiger partial charge in [-0.25, -0.2) is 0 Å². The van der Waals surface area contributed by atoms with E-state index in [4.69, 9.17) is 11.6 Å². The Morgan fingerprint density at radius 2 is 2.11 bits per heavy atom. The molecule has 0 spiro atoms. The summed E-state index contributed by atoms with van der Waals surface area (Å²) >= 11 is 5.64. The predicted octanol–water partition coefficient (Wildman–Crippen LogP) is 3.56. The molecule has 0 aromatic heterocycles. The summed E-state index contributed by atoms with van der Waals surface area (Å²) in [5.74, 6) is 0.504. The van der Waals surface area contributed by atoms with E-state index < -0.39 is 11.7 Å². The Bertz CT molecular complexity index is 499. The molecular weight excluding hydrogens is 263 g/mol. The van der Waals surface area contributed by atoms with E-state index in [1.165, 1.54) is 12.1 Å². The Kier molecular flexibility index (Phi) is 2.49. The second kappa shape index (κ2) is 3.64. The molecule has 0 unspecified atom stereocenters. The molecule has 2 fully saturated rings. The number of halogens is 4. The van der Waals surface area contributed by atoms with Gasteiger partial charge in [-0.3, -0.25) is 0 Å². The average Bonchev–Trinajstić information content (AvgIpc) is 2.81. The Hall–Kier alpha value is -0.740. The largest absolute Gasteiger partial charge is 0.417 e. The number of alkyl halides is 3. The first-order valence-corrected chi connectivity index (χ1v) is 6.26. The molecule has 1 saturated heterocycles. The molecule has 1 aromatic rings. The quantitative estimate of drug-likeness (QED) is 0.757. The summed E-state index contributed by atoms with van der Waals surface area (Å²) in [4.78, 5) is 2.18. The van der Waals surface area contributed by atoms with Gasteiger partial charge in [0, 0.05) is 18.5 Å². The van der Waals surface area contributed by atoms with E-state index in [0.29, 0.717) is 5.92 Å². The molecule has 1 nitrogen and oxygen atoms in total. The van der Waals surface area contributed by atoms with Gasteiger partial charge in [-0.2, -0.15) is 13.2 Å². The molecule has 2 aliphatic rings. The number of benzene rings is 1. The summed E-state index contributed by atoms with van der Waals surface area (Å²) in [5, 5.41) is -0.216. The fraction of sp³-hybridized carbons (Fsp3) is 0.538. The van der Waals surface area contributed by atoms with E-state index in [0.717, 1.165) is 25.1 Å². The molecular formula is C13H13ClF3N. The van der Waals surface area contributed by atoms with Crippen LogP contribution in [0.4, 0.5) is 13.2 Å². The highest BCUT2D eigenvalue weighted by molar-refractivity contribution is 6.31. The second-order valence-electron chi connectivity index (χ2n) is 5.45. The van der Waals surface area contributed by atoms with Crippen LogP contribution >= 0.6 is 11.6 Å². The van der Waals surface area contributed by atoms with Gasteiger partial charge < -0.3 is 4.90 Å². The zero-order valence-electron chi connectivity index (χ0n) is 9.89. The van der Waals surface area contributed by atoms with E-state index in [1.54, 1.807) is 6.07 Å². The van der Waals surface area contributed by atoms with Gasteiger partial charge in [-0.05, 0) is 37.1 Å². The zero-order chi connectivity index (χ0) is 13.1. The van der Waals surface area contributed by atoms with Gasteiger partial charge in [-0.1, -0.05) is 17.7 Å². The van der Waals surface area contributed by atoms with Crippen molar-refractivity contribution in [1.82, 2.24) is 4.90 Å². The van der Waals surface area contributed by atoms with Crippen LogP contribution < -0.4 is 0 Å². The lowest BCUT2D eigenvalue weighted by molar-refractivity contribution is -0.137. The van der Waals surface area contributed by atoms with Crippen LogP contribution in [0.5, 0.6) is 0 Å². The van der Waals surface area contributed by atoms with E-state index in [9.17, 15) is 13.2 Å². The van der Waals surface area contributed by atoms with Gasteiger partial charge in [0.2, 0.25) is 0 Å². The molecule has 0 N–H and O–H groups in total. The summed E-state index contributed by atoms with van der Waals surface area (Å²) in [6.45, 7) is 1.82. The summed E-state index contributed by atoms with van der Waals surface area (Å²) in [6.07, 6.45) is -3.38. The highest BCUT2D eigenvalue weighted by Crippen LogP contribution is 2.59. The minimum absolute atomic E-state index is 0.0562. The lowest BCUT2D eigenvalue weighted by Gasteiger charge is -2.18. The maximum absolute atomic E-state index is 12.8. The lowest BCUT2D eigenvalue weighted by atomic mass is 9.93. The maximum atomic E-state index is 12.8. The molecule has 0 amide bonds. The molecule has 1 aliphatic carbocycles. The number of rotatable bonds is 1. The second-order valence-corrected chi connectivity index (χ2v) is 5.85. The third-order valence-corrected chi connectivity index (χ3v) is 4.49. The number of likely N-dealkylation sites (tertiary alicyclic amines) is 1. The van der Waals surface area contributed by atoms with Crippen molar-refractivity contribution in [3.8, 4) is 0 Å². The number of fused-ring (bicyclic) bond motifs is 1. The molecule has 1 aliphatic heterocycles. The van der Waals surface area contributed by atoms with Crippen LogP contribution in [-0.4, -0.2) is 25.0 Å². The van der Waals surface area contributed by atoms with Gasteiger partial charge in [0.25, 0.3) is 0 Å². The normalized spacial score (nSPS) is 31.5. The van der Waals surface area contributed by atoms with E-state index >= 15 is 0 Å². The maximum Gasteiger partial charge on any atom is 0.417 e. The third kappa shape index (κ3) is 1.74. The number of hydrogen-bond donors (Lipinski definition) is 0. The first kappa shape index (κ1) is 12.3. The van der Waals surface area contributed by atoms with Crippen LogP contribution in [0, 0.1) is 5.92 Å². The molecule has 2 atom stereocenters. The summed E-state index contributed by atoms with van der Waals surface area (Å²) in [5.41, 5.74) is 0.0177. The van der Waals surface area contributed by atoms with Crippen LogP contribution in [0.3, 0.4) is 0 Å². The number of piperidine rings is 1. The minimum Gasteiger partial charge on any atom is -0.305 e. The Morgan fingerprint density at radius 1 is 1.39 bits per heavy atom. The molecule has 1 saturated carbocycles. The third-order valence-electron chi connectivity index (χ3n) is 4.16. The first-order valence-electron chi connectivity index (χ1n) is 5.89. The van der Waals surface area contributed by atoms with Crippen molar-refractivity contribution in [2.75, 3.05) is 20.1 Å². The lowest BCUT2D eigenvalue weighted by Crippen LogP contribution is -2.22. The average molecular weight is 276 g/mol. The van der Waals surface area contributed by atoms with Crippen LogP contribution in [-0.2, 0) is 11.6 Å². The van der Waals surface area contributed by atoms with Gasteiger partial charge in [0.15, 0.2) is 0 Å². The van der Waals surface area contributed by atoms with Crippen LogP contribution in [0.1, 0.15) is 17.5 Å². The Balaban J connectivity index is 2.00. The van der Waals surface area contributed by atoms with Gasteiger partial charge in [-0.15, -0.1) is 0 Å². The van der Waals surface area contributed by atoms with Crippen molar-refractivity contribution in [3.05, 3.63) is 34.3 Å². The number of nitrogens with zero attached hydrogens (tertiary/aromatic N) is 1. The van der Waals surface area contributed by atoms with Crippen LogP contribution in [0.2, 0.25) is 5.02 Å². The van der Waals surface area contributed by atoms with Gasteiger partial charge >= 0.3 is 6.18 Å². The SMILES string of the molecule is CN1C[C@H]2C[C@@]2(c2ccc(Cl)c(C(F)(F)F)c2)C1. The minimum atomic E-state index is -4.38. The molecule has 5 heteroatoms. The van der Waals surface area contributed by atoms with Crippen molar-refractivity contribution >= 4 is 11.6 Å². The molecule has 0 radical (unpaired) electrons. The molecule has 3 rings (SSSR count). The summed E-state index contributed by atoms with van der Waals surface area (Å²) in [6, 6.07) is 4.36. The Labute approximate surface area is 109 Å². The van der Waals surface area contributed by atoms with Crippen molar-refractivity contribution in [2.45, 2.75) is 18.0 Å². The van der Waals surface area contributed by atoms with Crippen molar-refractivity contribution in [3.63, 3.8) is 0 Å². The van der Waals surface area contributed by atoms with E-state index in [2.05, 4.69) is 4.90 Å². The van der Waals surface area contributed by atoms with Crippen LogP contribution in [0.15, 0.2) is 18.2 Å². The van der Waals surface area contributed by atoms with Crippen molar-refractivity contribution < 1.29 is 13.2 Å². The molecule has 1 aromatic carbocycles. The monoisotopic (exact) mass is 275 g/mol. The van der Waals surface area contributed by atoms with Crippen LogP contribution in [0.25, 0.3) is 0 Å². The fourth-order valence-corrected chi connectivity index (χ4v) is 3.46. The summed E-state index contributed by atoms with van der Waals surface area (Å²) < 4.78 is 38.5. The number of likely N-dealkylation sites (N-methyl/N-ethyl adjacent to an activating group) is 1. The van der Waals surface area contributed by atoms with Crippen molar-refractivity contribution in [2.24, 2.45) is 5.92 Å². The first-order chi connectivity index (χ1) is 8.33. The standard InChI is InChI=1S/C13H13ClF3N/c1-18-6-9-5-12(9,7-18)8-2-3-11(14)10(4-8)13(15,16)17/h2-4,9H,5-7H2,1H3/t9-,12+/m1/s1. The Morgan fingerprint density at radius 3 is 2.67 bits per heavy atom. The highest BCUT2D eigenvalue weighted by atomic mass is 35.5. The fourth-order valence-electron chi connectivity index (χ4n) is 3.23. The smallest absolute Gasteiger partial charge is 0.305 e. The zero-order valence-corrected chi connectivity index (χ0v) is 10.6. The van der Waals surface area contributed by atoms with E-state index in [1.807, 2.05) is 7.05 Å². The molecule has 98 valence electrons. The molecule has 1 heterocycles. The molecule has 0 bridgehead atoms. The van der Waals surface area contributed by atoms with Gasteiger partial charge in [0.1, 0.15) is 0 Å². The van der Waals surface area contributed by atoms with Crippen molar-refractivity contribution in [1.29, 1.82) is 0 Å². The van der Waals surface area contributed by atoms with Gasteiger partial charge in [0.05, 0.1) is 10.6 Å². The number of hydrogen-bond acceptors (Lipinski definition) is 1.